The van der Waals surface area contributed by atoms with Crippen molar-refractivity contribution in [1.82, 2.24) is 26.6 Å². The Bertz CT molecular complexity index is 1030. The summed E-state index contributed by atoms with van der Waals surface area (Å²) in [6.07, 6.45) is 5.50. The summed E-state index contributed by atoms with van der Waals surface area (Å²) in [7, 11) is 1.69. The molecule has 9 nitrogen and oxygen atoms in total. The molecule has 2 aliphatic rings. The van der Waals surface area contributed by atoms with Gasteiger partial charge in [0.15, 0.2) is 0 Å². The second kappa shape index (κ2) is 14.1. The van der Waals surface area contributed by atoms with Crippen LogP contribution in [0, 0.1) is 5.92 Å². The van der Waals surface area contributed by atoms with E-state index in [1.165, 1.54) is 5.56 Å². The zero-order chi connectivity index (χ0) is 25.9. The van der Waals surface area contributed by atoms with Gasteiger partial charge in [0.25, 0.3) is 5.91 Å². The van der Waals surface area contributed by atoms with Crippen molar-refractivity contribution in [1.29, 1.82) is 0 Å². The van der Waals surface area contributed by atoms with Crippen molar-refractivity contribution in [3.8, 4) is 5.75 Å². The number of nitrogens with one attached hydrogen (secondary N) is 4. The SMILES string of the molecule is COC[C@H](Cc1ccccc1)NNN/C(=C\CN)N(CC1CCNCC1)C(=O)c1ccc2c(c1)CCO2. The zero-order valence-electron chi connectivity index (χ0n) is 21.7. The third-order valence-electron chi connectivity index (χ3n) is 6.84. The van der Waals surface area contributed by atoms with Gasteiger partial charge in [0.05, 0.1) is 19.3 Å². The molecule has 0 saturated carbocycles. The summed E-state index contributed by atoms with van der Waals surface area (Å²) in [5.41, 5.74) is 18.5. The van der Waals surface area contributed by atoms with E-state index >= 15 is 0 Å². The lowest BCUT2D eigenvalue weighted by atomic mass is 9.97. The van der Waals surface area contributed by atoms with Crippen LogP contribution in [0.5, 0.6) is 5.75 Å². The van der Waals surface area contributed by atoms with Gasteiger partial charge in [-0.3, -0.25) is 15.1 Å². The number of ether oxygens (including phenoxy) is 2. The fraction of sp³-hybridized carbons (Fsp3) is 0.464. The van der Waals surface area contributed by atoms with Gasteiger partial charge in [0, 0.05) is 32.2 Å². The smallest absolute Gasteiger partial charge is 0.259 e. The summed E-state index contributed by atoms with van der Waals surface area (Å²) in [4.78, 5) is 15.7. The molecule has 0 aliphatic carbocycles. The molecular formula is C28H40N6O3. The first kappa shape index (κ1) is 27.1. The van der Waals surface area contributed by atoms with Gasteiger partial charge >= 0.3 is 0 Å². The van der Waals surface area contributed by atoms with Gasteiger partial charge in [-0.1, -0.05) is 30.3 Å². The maximum atomic E-state index is 13.9. The highest BCUT2D eigenvalue weighted by atomic mass is 16.5. The lowest BCUT2D eigenvalue weighted by molar-refractivity contribution is 0.0752. The Morgan fingerprint density at radius 2 is 2.05 bits per heavy atom. The van der Waals surface area contributed by atoms with Gasteiger partial charge in [-0.15, -0.1) is 0 Å². The summed E-state index contributed by atoms with van der Waals surface area (Å²) in [6.45, 7) is 4.01. The van der Waals surface area contributed by atoms with Crippen molar-refractivity contribution in [2.45, 2.75) is 31.7 Å². The predicted octanol–water partition coefficient (Wildman–Crippen LogP) is 1.72. The highest BCUT2D eigenvalue weighted by Crippen LogP contribution is 2.27. The average Bonchev–Trinajstić information content (AvgIpc) is 3.40. The highest BCUT2D eigenvalue weighted by molar-refractivity contribution is 5.95. The van der Waals surface area contributed by atoms with Crippen molar-refractivity contribution in [3.63, 3.8) is 0 Å². The monoisotopic (exact) mass is 508 g/mol. The number of carbonyl (C=O) groups excluding carboxylic acids is 1. The number of hydrogen-bond donors (Lipinski definition) is 5. The van der Waals surface area contributed by atoms with Crippen molar-refractivity contribution < 1.29 is 14.3 Å². The van der Waals surface area contributed by atoms with Gasteiger partial charge in [-0.25, -0.2) is 5.43 Å². The van der Waals surface area contributed by atoms with E-state index in [9.17, 15) is 4.79 Å². The fourth-order valence-electron chi connectivity index (χ4n) is 4.88. The van der Waals surface area contributed by atoms with E-state index in [1.807, 2.05) is 47.4 Å². The molecule has 1 saturated heterocycles. The number of amides is 1. The van der Waals surface area contributed by atoms with E-state index in [-0.39, 0.29) is 11.9 Å². The quantitative estimate of drug-likeness (QED) is 0.260. The number of nitrogens with two attached hydrogens (primary N) is 1. The first-order chi connectivity index (χ1) is 18.2. The van der Waals surface area contributed by atoms with Crippen LogP contribution < -0.4 is 32.2 Å². The van der Waals surface area contributed by atoms with Gasteiger partial charge < -0.3 is 20.5 Å². The number of fused-ring (bicyclic) bond motifs is 1. The van der Waals surface area contributed by atoms with Crippen LogP contribution in [0.2, 0.25) is 0 Å². The molecule has 1 amide bonds. The predicted molar refractivity (Wildman–Crippen MR) is 145 cm³/mol. The number of hydrazine groups is 2. The summed E-state index contributed by atoms with van der Waals surface area (Å²) < 4.78 is 11.1. The molecule has 0 spiro atoms. The number of nitrogens with zero attached hydrogens (tertiary/aromatic N) is 1. The lowest BCUT2D eigenvalue weighted by Crippen LogP contribution is -2.54. The molecule has 2 aliphatic heterocycles. The molecule has 4 rings (SSSR count). The second-order valence-corrected chi connectivity index (χ2v) is 9.59. The fourth-order valence-corrected chi connectivity index (χ4v) is 4.88. The molecule has 37 heavy (non-hydrogen) atoms. The standard InChI is InChI=1S/C28H40N6O3/c1-36-20-25(17-21-5-3-2-4-6-21)31-33-32-27(9-13-29)34(19-22-10-14-30-15-11-22)28(35)24-7-8-26-23(18-24)12-16-37-26/h2-9,18,22,25,30-33H,10-17,19-20,29H2,1H3/b27-9+/t25-/m0/s1. The molecule has 0 aromatic heterocycles. The van der Waals surface area contributed by atoms with E-state index < -0.39 is 0 Å². The van der Waals surface area contributed by atoms with Crippen LogP contribution >= 0.6 is 0 Å². The molecular weight excluding hydrogens is 468 g/mol. The highest BCUT2D eigenvalue weighted by Gasteiger charge is 2.26. The average molecular weight is 509 g/mol. The molecule has 2 heterocycles. The van der Waals surface area contributed by atoms with Crippen LogP contribution in [0.25, 0.3) is 0 Å². The minimum absolute atomic E-state index is 0.0179. The van der Waals surface area contributed by atoms with Crippen LogP contribution in [0.1, 0.15) is 34.3 Å². The number of rotatable bonds is 13. The van der Waals surface area contributed by atoms with Gasteiger partial charge in [-0.05, 0) is 73.7 Å². The Morgan fingerprint density at radius 1 is 1.24 bits per heavy atom. The Kier molecular flexibility index (Phi) is 10.3. The third-order valence-corrected chi connectivity index (χ3v) is 6.84. The molecule has 1 atom stereocenters. The van der Waals surface area contributed by atoms with Crippen LogP contribution in [0.15, 0.2) is 60.4 Å². The van der Waals surface area contributed by atoms with E-state index in [2.05, 4.69) is 33.8 Å². The Labute approximate surface area is 219 Å². The summed E-state index contributed by atoms with van der Waals surface area (Å²) in [5.74, 6) is 1.84. The first-order valence-electron chi connectivity index (χ1n) is 13.2. The second-order valence-electron chi connectivity index (χ2n) is 9.59. The molecule has 200 valence electrons. The Hall–Kier alpha value is -2.95. The van der Waals surface area contributed by atoms with Crippen molar-refractivity contribution in [3.05, 3.63) is 77.1 Å². The van der Waals surface area contributed by atoms with Crippen LogP contribution in [-0.2, 0) is 17.6 Å². The number of piperidine rings is 1. The topological polar surface area (TPSA) is 113 Å². The third kappa shape index (κ3) is 7.77. The molecule has 6 N–H and O–H groups in total. The minimum Gasteiger partial charge on any atom is -0.493 e. The molecule has 2 aromatic carbocycles. The number of methoxy groups -OCH3 is 1. The molecule has 2 aromatic rings. The van der Waals surface area contributed by atoms with Crippen LogP contribution in [0.3, 0.4) is 0 Å². The molecule has 9 heteroatoms. The van der Waals surface area contributed by atoms with Crippen molar-refractivity contribution in [2.24, 2.45) is 11.7 Å². The van der Waals surface area contributed by atoms with E-state index in [0.29, 0.717) is 43.6 Å². The normalized spacial score (nSPS) is 16.6. The number of hydrogen-bond acceptors (Lipinski definition) is 8. The largest absolute Gasteiger partial charge is 0.493 e. The van der Waals surface area contributed by atoms with Crippen LogP contribution in [-0.4, -0.2) is 63.4 Å². The van der Waals surface area contributed by atoms with Crippen molar-refractivity contribution in [2.75, 3.05) is 46.5 Å². The zero-order valence-corrected chi connectivity index (χ0v) is 21.7. The summed E-state index contributed by atoms with van der Waals surface area (Å²) in [5, 5.41) is 3.41. The summed E-state index contributed by atoms with van der Waals surface area (Å²) >= 11 is 0. The molecule has 1 fully saturated rings. The Morgan fingerprint density at radius 3 is 2.81 bits per heavy atom. The lowest BCUT2D eigenvalue weighted by Gasteiger charge is -2.32. The maximum Gasteiger partial charge on any atom is 0.259 e. The van der Waals surface area contributed by atoms with E-state index in [0.717, 1.165) is 50.1 Å². The molecule has 0 radical (unpaired) electrons. The first-order valence-corrected chi connectivity index (χ1v) is 13.2. The Balaban J connectivity index is 1.47. The summed E-state index contributed by atoms with van der Waals surface area (Å²) in [6, 6.07) is 16.0. The maximum absolute atomic E-state index is 13.9. The van der Waals surface area contributed by atoms with E-state index in [4.69, 9.17) is 15.2 Å². The molecule has 0 unspecified atom stereocenters. The number of benzene rings is 2. The van der Waals surface area contributed by atoms with E-state index in [1.54, 1.807) is 7.11 Å². The molecule has 0 bridgehead atoms. The van der Waals surface area contributed by atoms with Crippen LogP contribution in [0.4, 0.5) is 0 Å². The van der Waals surface area contributed by atoms with Gasteiger partial charge in [0.2, 0.25) is 0 Å². The van der Waals surface area contributed by atoms with Gasteiger partial charge in [-0.2, -0.15) is 5.53 Å². The minimum atomic E-state index is -0.0556. The van der Waals surface area contributed by atoms with Gasteiger partial charge in [0.1, 0.15) is 11.6 Å². The van der Waals surface area contributed by atoms with Crippen molar-refractivity contribution >= 4 is 5.91 Å². The number of carbonyl (C=O) groups is 1.